The number of para-hydroxylation sites is 1. The molecule has 2 aromatic rings. The number of halogens is 2. The van der Waals surface area contributed by atoms with Gasteiger partial charge in [-0.1, -0.05) is 41.4 Å². The molecule has 2 rings (SSSR count). The number of benzene rings is 2. The number of nitrogens with one attached hydrogen (secondary N) is 1. The number of carbonyl (C=O) groups is 1. The number of carbonyl (C=O) groups excluding carboxylic acids is 1. The maximum atomic E-state index is 12.0. The van der Waals surface area contributed by atoms with Gasteiger partial charge in [0.05, 0.1) is 11.6 Å². The van der Waals surface area contributed by atoms with Crippen LogP contribution in [0.5, 0.6) is 5.75 Å². The number of anilines is 1. The van der Waals surface area contributed by atoms with Gasteiger partial charge in [0.1, 0.15) is 5.75 Å². The summed E-state index contributed by atoms with van der Waals surface area (Å²) < 4.78 is 5.57. The van der Waals surface area contributed by atoms with Gasteiger partial charge in [-0.05, 0) is 49.6 Å². The highest BCUT2D eigenvalue weighted by Gasteiger charge is 2.08. The average Bonchev–Trinajstić information content (AvgIpc) is 2.49. The Bertz CT molecular complexity index is 681. The lowest BCUT2D eigenvalue weighted by Gasteiger charge is -2.12. The summed E-state index contributed by atoms with van der Waals surface area (Å²) in [5, 5.41) is 3.99. The smallest absolute Gasteiger partial charge is 0.224 e. The molecule has 0 atom stereocenters. The second-order valence-electron chi connectivity index (χ2n) is 5.34. The molecule has 0 heterocycles. The summed E-state index contributed by atoms with van der Waals surface area (Å²) in [4.78, 5) is 12.0. The third-order valence-electron chi connectivity index (χ3n) is 3.45. The first-order valence-corrected chi connectivity index (χ1v) is 8.17. The standard InChI is InChI=1S/C18H19Cl2NO2/c1-12-5-3-6-13(2)18(12)21-17(22)7-4-10-23-16-9-8-14(19)11-15(16)20/h3,5-6,8-9,11H,4,7,10H2,1-2H3,(H,21,22). The third-order valence-corrected chi connectivity index (χ3v) is 3.98. The molecule has 1 amide bonds. The van der Waals surface area contributed by atoms with Crippen molar-refractivity contribution in [1.29, 1.82) is 0 Å². The van der Waals surface area contributed by atoms with Gasteiger partial charge in [-0.2, -0.15) is 0 Å². The van der Waals surface area contributed by atoms with E-state index in [4.69, 9.17) is 27.9 Å². The lowest BCUT2D eigenvalue weighted by atomic mass is 10.1. The number of rotatable bonds is 6. The zero-order valence-electron chi connectivity index (χ0n) is 13.2. The number of ether oxygens (including phenoxy) is 1. The Balaban J connectivity index is 1.79. The van der Waals surface area contributed by atoms with Crippen LogP contribution >= 0.6 is 23.2 Å². The molecule has 23 heavy (non-hydrogen) atoms. The van der Waals surface area contributed by atoms with Gasteiger partial charge in [0.15, 0.2) is 0 Å². The number of hydrogen-bond acceptors (Lipinski definition) is 2. The molecule has 3 nitrogen and oxygen atoms in total. The molecule has 0 unspecified atom stereocenters. The summed E-state index contributed by atoms with van der Waals surface area (Å²) in [5.41, 5.74) is 3.00. The SMILES string of the molecule is Cc1cccc(C)c1NC(=O)CCCOc1ccc(Cl)cc1Cl. The fourth-order valence-electron chi connectivity index (χ4n) is 2.22. The molecule has 0 aliphatic carbocycles. The lowest BCUT2D eigenvalue weighted by Crippen LogP contribution is -2.14. The number of aryl methyl sites for hydroxylation is 2. The van der Waals surface area contributed by atoms with Crippen LogP contribution in [0.4, 0.5) is 5.69 Å². The summed E-state index contributed by atoms with van der Waals surface area (Å²) in [6.45, 7) is 4.38. The Morgan fingerprint density at radius 3 is 2.48 bits per heavy atom. The minimum absolute atomic E-state index is 0.0202. The van der Waals surface area contributed by atoms with Crippen molar-refractivity contribution in [2.24, 2.45) is 0 Å². The molecular weight excluding hydrogens is 333 g/mol. The van der Waals surface area contributed by atoms with Crippen molar-refractivity contribution in [3.8, 4) is 5.75 Å². The first-order chi connectivity index (χ1) is 11.0. The fraction of sp³-hybridized carbons (Fsp3) is 0.278. The monoisotopic (exact) mass is 351 g/mol. The van der Waals surface area contributed by atoms with Gasteiger partial charge in [0.25, 0.3) is 0 Å². The molecule has 0 spiro atoms. The quantitative estimate of drug-likeness (QED) is 0.706. The van der Waals surface area contributed by atoms with Gasteiger partial charge in [0.2, 0.25) is 5.91 Å². The summed E-state index contributed by atoms with van der Waals surface area (Å²) in [6.07, 6.45) is 0.995. The topological polar surface area (TPSA) is 38.3 Å². The van der Waals surface area contributed by atoms with E-state index >= 15 is 0 Å². The van der Waals surface area contributed by atoms with E-state index in [0.717, 1.165) is 16.8 Å². The fourth-order valence-corrected chi connectivity index (χ4v) is 2.68. The number of hydrogen-bond donors (Lipinski definition) is 1. The van der Waals surface area contributed by atoms with E-state index in [9.17, 15) is 4.79 Å². The summed E-state index contributed by atoms with van der Waals surface area (Å²) in [6, 6.07) is 11.0. The molecule has 0 fully saturated rings. The lowest BCUT2D eigenvalue weighted by molar-refractivity contribution is -0.116. The van der Waals surface area contributed by atoms with E-state index in [1.54, 1.807) is 18.2 Å². The largest absolute Gasteiger partial charge is 0.492 e. The van der Waals surface area contributed by atoms with E-state index in [0.29, 0.717) is 35.2 Å². The molecule has 0 aromatic heterocycles. The van der Waals surface area contributed by atoms with Crippen LogP contribution < -0.4 is 10.1 Å². The van der Waals surface area contributed by atoms with E-state index in [-0.39, 0.29) is 5.91 Å². The number of amides is 1. The first kappa shape index (κ1) is 17.6. The van der Waals surface area contributed by atoms with Crippen molar-refractivity contribution in [3.05, 3.63) is 57.6 Å². The zero-order valence-corrected chi connectivity index (χ0v) is 14.7. The molecular formula is C18H19Cl2NO2. The molecule has 0 radical (unpaired) electrons. The minimum Gasteiger partial charge on any atom is -0.492 e. The predicted molar refractivity (Wildman–Crippen MR) is 95.7 cm³/mol. The van der Waals surface area contributed by atoms with Gasteiger partial charge in [-0.3, -0.25) is 4.79 Å². The summed E-state index contributed by atoms with van der Waals surface area (Å²) in [5.74, 6) is 0.555. The van der Waals surface area contributed by atoms with Crippen LogP contribution in [0.15, 0.2) is 36.4 Å². The normalized spacial score (nSPS) is 10.4. The Kier molecular flexibility index (Phi) is 6.31. The molecule has 1 N–H and O–H groups in total. The van der Waals surface area contributed by atoms with Crippen LogP contribution in [-0.2, 0) is 4.79 Å². The Morgan fingerprint density at radius 2 is 1.83 bits per heavy atom. The van der Waals surface area contributed by atoms with Crippen molar-refractivity contribution >= 4 is 34.8 Å². The van der Waals surface area contributed by atoms with Gasteiger partial charge >= 0.3 is 0 Å². The molecule has 0 aliphatic rings. The van der Waals surface area contributed by atoms with E-state index in [2.05, 4.69) is 5.32 Å². The van der Waals surface area contributed by atoms with Crippen LogP contribution in [-0.4, -0.2) is 12.5 Å². The third kappa shape index (κ3) is 5.15. The van der Waals surface area contributed by atoms with E-state index < -0.39 is 0 Å². The molecule has 0 aliphatic heterocycles. The summed E-state index contributed by atoms with van der Waals surface area (Å²) >= 11 is 11.9. The van der Waals surface area contributed by atoms with Gasteiger partial charge in [-0.15, -0.1) is 0 Å². The molecule has 122 valence electrons. The van der Waals surface area contributed by atoms with Crippen molar-refractivity contribution < 1.29 is 9.53 Å². The predicted octanol–water partition coefficient (Wildman–Crippen LogP) is 5.41. The molecule has 0 saturated carbocycles. The summed E-state index contributed by atoms with van der Waals surface area (Å²) in [7, 11) is 0. The minimum atomic E-state index is -0.0202. The average molecular weight is 352 g/mol. The Morgan fingerprint density at radius 1 is 1.13 bits per heavy atom. The van der Waals surface area contributed by atoms with Gasteiger partial charge < -0.3 is 10.1 Å². The van der Waals surface area contributed by atoms with E-state index in [1.807, 2.05) is 32.0 Å². The second kappa shape index (κ2) is 8.23. The molecule has 0 bridgehead atoms. The van der Waals surface area contributed by atoms with E-state index in [1.165, 1.54) is 0 Å². The Labute approximate surface area is 146 Å². The molecule has 2 aromatic carbocycles. The maximum absolute atomic E-state index is 12.0. The van der Waals surface area contributed by atoms with Crippen LogP contribution in [0, 0.1) is 13.8 Å². The van der Waals surface area contributed by atoms with Gasteiger partial charge in [0, 0.05) is 17.1 Å². The van der Waals surface area contributed by atoms with Crippen LogP contribution in [0.1, 0.15) is 24.0 Å². The van der Waals surface area contributed by atoms with Crippen LogP contribution in [0.3, 0.4) is 0 Å². The highest BCUT2D eigenvalue weighted by molar-refractivity contribution is 6.35. The van der Waals surface area contributed by atoms with Crippen molar-refractivity contribution in [2.75, 3.05) is 11.9 Å². The Hall–Kier alpha value is -1.71. The molecule has 0 saturated heterocycles. The maximum Gasteiger partial charge on any atom is 0.224 e. The van der Waals surface area contributed by atoms with Crippen molar-refractivity contribution in [3.63, 3.8) is 0 Å². The molecule has 5 heteroatoms. The second-order valence-corrected chi connectivity index (χ2v) is 6.19. The van der Waals surface area contributed by atoms with Gasteiger partial charge in [-0.25, -0.2) is 0 Å². The first-order valence-electron chi connectivity index (χ1n) is 7.41. The van der Waals surface area contributed by atoms with Crippen molar-refractivity contribution in [2.45, 2.75) is 26.7 Å². The highest BCUT2D eigenvalue weighted by atomic mass is 35.5. The van der Waals surface area contributed by atoms with Crippen LogP contribution in [0.2, 0.25) is 10.0 Å². The zero-order chi connectivity index (χ0) is 16.8. The van der Waals surface area contributed by atoms with Crippen molar-refractivity contribution in [1.82, 2.24) is 0 Å². The highest BCUT2D eigenvalue weighted by Crippen LogP contribution is 2.27. The van der Waals surface area contributed by atoms with Crippen LogP contribution in [0.25, 0.3) is 0 Å².